The van der Waals surface area contributed by atoms with E-state index in [1.807, 2.05) is 6.92 Å². The number of aliphatic hydroxyl groups is 1. The SMILES string of the molecule is C[C@]12CC[C@]3(O)C[C@@]1(CC[C@@H]1[C@@]4(C)CCC[C@]12OC4=O)C(=O)C3=O. The van der Waals surface area contributed by atoms with Crippen LogP contribution in [-0.2, 0) is 19.1 Å². The third-order valence-electron chi connectivity index (χ3n) is 8.86. The maximum Gasteiger partial charge on any atom is 0.312 e. The highest BCUT2D eigenvalue weighted by atomic mass is 16.6. The molecule has 1 aliphatic heterocycles. The summed E-state index contributed by atoms with van der Waals surface area (Å²) >= 11 is 0. The van der Waals surface area contributed by atoms with E-state index < -0.39 is 39.0 Å². The van der Waals surface area contributed by atoms with Gasteiger partial charge in [-0.05, 0) is 58.3 Å². The Morgan fingerprint density at radius 3 is 2.50 bits per heavy atom. The number of esters is 1. The molecular formula is C19H24O5. The van der Waals surface area contributed by atoms with E-state index in [2.05, 4.69) is 6.92 Å². The minimum Gasteiger partial charge on any atom is -0.458 e. The summed E-state index contributed by atoms with van der Waals surface area (Å²) < 4.78 is 6.13. The second-order valence-electron chi connectivity index (χ2n) is 9.42. The summed E-state index contributed by atoms with van der Waals surface area (Å²) in [4.78, 5) is 38.2. The van der Waals surface area contributed by atoms with Crippen molar-refractivity contribution in [2.45, 2.75) is 76.4 Å². The fourth-order valence-corrected chi connectivity index (χ4v) is 7.47. The van der Waals surface area contributed by atoms with Crippen molar-refractivity contribution < 1.29 is 24.2 Å². The van der Waals surface area contributed by atoms with Crippen molar-refractivity contribution in [1.82, 2.24) is 0 Å². The first-order chi connectivity index (χ1) is 11.2. The zero-order valence-electron chi connectivity index (χ0n) is 14.3. The van der Waals surface area contributed by atoms with Crippen LogP contribution in [0.1, 0.15) is 65.2 Å². The summed E-state index contributed by atoms with van der Waals surface area (Å²) in [6.45, 7) is 4.07. The molecule has 4 saturated carbocycles. The van der Waals surface area contributed by atoms with Crippen molar-refractivity contribution in [3.8, 4) is 0 Å². The lowest BCUT2D eigenvalue weighted by Gasteiger charge is -2.64. The van der Waals surface area contributed by atoms with E-state index in [1.165, 1.54) is 0 Å². The molecule has 0 aromatic carbocycles. The molecule has 0 radical (unpaired) electrons. The number of hydrogen-bond acceptors (Lipinski definition) is 5. The van der Waals surface area contributed by atoms with E-state index in [9.17, 15) is 19.5 Å². The van der Waals surface area contributed by atoms with Gasteiger partial charge in [0.25, 0.3) is 0 Å². The lowest BCUT2D eigenvalue weighted by Crippen LogP contribution is -2.67. The number of carbonyl (C=O) groups excluding carboxylic acids is 3. The number of rotatable bonds is 0. The van der Waals surface area contributed by atoms with E-state index in [4.69, 9.17) is 4.74 Å². The molecule has 1 N–H and O–H groups in total. The minimum absolute atomic E-state index is 0.122. The highest BCUT2D eigenvalue weighted by Gasteiger charge is 2.82. The molecule has 4 aliphatic carbocycles. The van der Waals surface area contributed by atoms with Crippen LogP contribution < -0.4 is 0 Å². The van der Waals surface area contributed by atoms with Gasteiger partial charge in [-0.3, -0.25) is 14.4 Å². The second-order valence-corrected chi connectivity index (χ2v) is 9.42. The van der Waals surface area contributed by atoms with Crippen LogP contribution in [-0.4, -0.2) is 33.8 Å². The molecule has 24 heavy (non-hydrogen) atoms. The first kappa shape index (κ1) is 15.1. The quantitative estimate of drug-likeness (QED) is 0.542. The van der Waals surface area contributed by atoms with Crippen LogP contribution in [0.2, 0.25) is 0 Å². The monoisotopic (exact) mass is 332 g/mol. The van der Waals surface area contributed by atoms with Gasteiger partial charge in [-0.25, -0.2) is 0 Å². The van der Waals surface area contributed by atoms with Gasteiger partial charge in [-0.15, -0.1) is 0 Å². The van der Waals surface area contributed by atoms with E-state index in [0.717, 1.165) is 25.7 Å². The fraction of sp³-hybridized carbons (Fsp3) is 0.842. The Morgan fingerprint density at radius 2 is 1.75 bits per heavy atom. The predicted molar refractivity (Wildman–Crippen MR) is 82.9 cm³/mol. The Kier molecular flexibility index (Phi) is 2.38. The molecule has 5 nitrogen and oxygen atoms in total. The predicted octanol–water partition coefficient (Wildman–Crippen LogP) is 1.94. The summed E-state index contributed by atoms with van der Waals surface area (Å²) in [6, 6.07) is 0. The van der Waals surface area contributed by atoms with Gasteiger partial charge in [-0.1, -0.05) is 6.92 Å². The van der Waals surface area contributed by atoms with Crippen molar-refractivity contribution in [3.63, 3.8) is 0 Å². The number of hydrogen-bond donors (Lipinski definition) is 1. The van der Waals surface area contributed by atoms with E-state index in [1.54, 1.807) is 0 Å². The number of carbonyl (C=O) groups is 3. The van der Waals surface area contributed by atoms with Gasteiger partial charge in [0.2, 0.25) is 11.6 Å². The van der Waals surface area contributed by atoms with Gasteiger partial charge >= 0.3 is 5.97 Å². The van der Waals surface area contributed by atoms with E-state index in [-0.39, 0.29) is 18.3 Å². The third kappa shape index (κ3) is 1.18. The highest BCUT2D eigenvalue weighted by molar-refractivity contribution is 6.44. The number of fused-ring (bicyclic) bond motifs is 1. The van der Waals surface area contributed by atoms with Gasteiger partial charge in [0.05, 0.1) is 5.41 Å². The summed E-state index contributed by atoms with van der Waals surface area (Å²) in [7, 11) is 0. The first-order valence-electron chi connectivity index (χ1n) is 9.20. The maximum absolute atomic E-state index is 13.0. The van der Waals surface area contributed by atoms with Gasteiger partial charge in [0.1, 0.15) is 11.2 Å². The maximum atomic E-state index is 13.0. The van der Waals surface area contributed by atoms with Crippen LogP contribution in [0, 0.1) is 22.2 Å². The Balaban J connectivity index is 1.73. The topological polar surface area (TPSA) is 80.7 Å². The van der Waals surface area contributed by atoms with Crippen molar-refractivity contribution in [2.24, 2.45) is 22.2 Å². The Bertz CT molecular complexity index is 715. The van der Waals surface area contributed by atoms with Crippen LogP contribution in [0.3, 0.4) is 0 Å². The van der Waals surface area contributed by atoms with Gasteiger partial charge in [-0.2, -0.15) is 0 Å². The third-order valence-corrected chi connectivity index (χ3v) is 8.86. The molecule has 5 aliphatic rings. The molecule has 5 heteroatoms. The molecule has 1 heterocycles. The van der Waals surface area contributed by atoms with Crippen molar-refractivity contribution >= 4 is 17.5 Å². The normalized spacial score (nSPS) is 58.3. The van der Waals surface area contributed by atoms with Crippen molar-refractivity contribution in [2.75, 3.05) is 0 Å². The Morgan fingerprint density at radius 1 is 1.00 bits per heavy atom. The molecule has 0 aromatic rings. The second kappa shape index (κ2) is 3.79. The molecule has 0 unspecified atom stereocenters. The first-order valence-corrected chi connectivity index (χ1v) is 9.20. The largest absolute Gasteiger partial charge is 0.458 e. The summed E-state index contributed by atoms with van der Waals surface area (Å²) in [5.74, 6) is -1.02. The van der Waals surface area contributed by atoms with Crippen LogP contribution in [0.4, 0.5) is 0 Å². The molecule has 5 fully saturated rings. The molecule has 1 saturated heterocycles. The zero-order valence-corrected chi connectivity index (χ0v) is 14.3. The number of ether oxygens (including phenoxy) is 1. The molecule has 4 bridgehead atoms. The molecular weight excluding hydrogens is 308 g/mol. The van der Waals surface area contributed by atoms with Gasteiger partial charge in [0.15, 0.2) is 0 Å². The van der Waals surface area contributed by atoms with Crippen molar-refractivity contribution in [3.05, 3.63) is 0 Å². The summed E-state index contributed by atoms with van der Waals surface area (Å²) in [5, 5.41) is 10.7. The summed E-state index contributed by atoms with van der Waals surface area (Å²) in [6.07, 6.45) is 4.95. The van der Waals surface area contributed by atoms with Gasteiger partial charge < -0.3 is 9.84 Å². The van der Waals surface area contributed by atoms with Crippen molar-refractivity contribution in [1.29, 1.82) is 0 Å². The highest BCUT2D eigenvalue weighted by Crippen LogP contribution is 2.76. The lowest BCUT2D eigenvalue weighted by atomic mass is 9.39. The average Bonchev–Trinajstić information content (AvgIpc) is 2.77. The van der Waals surface area contributed by atoms with Crippen LogP contribution in [0.15, 0.2) is 0 Å². The average molecular weight is 332 g/mol. The van der Waals surface area contributed by atoms with Crippen LogP contribution >= 0.6 is 0 Å². The van der Waals surface area contributed by atoms with Gasteiger partial charge in [0, 0.05) is 16.7 Å². The number of Topliss-reactive ketones (excluding diaryl/α,β-unsaturated/α-hetero) is 2. The van der Waals surface area contributed by atoms with E-state index >= 15 is 0 Å². The standard InChI is InChI=1S/C19H24O5/c1-15-5-3-6-19(24-14(15)22)11(15)4-7-17-10-18(23,13(21)12(17)20)9-8-16(17,19)2/h11,23H,3-10H2,1-2H3/t11-,15-,16+,17+,18+,19+/m1/s1. The Hall–Kier alpha value is -1.23. The van der Waals surface area contributed by atoms with Crippen LogP contribution in [0.25, 0.3) is 0 Å². The molecule has 130 valence electrons. The molecule has 6 atom stereocenters. The smallest absolute Gasteiger partial charge is 0.312 e. The molecule has 5 rings (SSSR count). The Labute approximate surface area is 141 Å². The minimum atomic E-state index is -1.49. The van der Waals surface area contributed by atoms with E-state index in [0.29, 0.717) is 19.3 Å². The molecule has 1 spiro atoms. The summed E-state index contributed by atoms with van der Waals surface area (Å²) in [5.41, 5.74) is -3.98. The van der Waals surface area contributed by atoms with Crippen LogP contribution in [0.5, 0.6) is 0 Å². The lowest BCUT2D eigenvalue weighted by molar-refractivity contribution is -0.230. The number of ketones is 2. The molecule has 0 aromatic heterocycles. The zero-order chi connectivity index (χ0) is 17.2. The fourth-order valence-electron chi connectivity index (χ4n) is 7.47. The molecule has 0 amide bonds.